The molecule has 0 heterocycles. The fourth-order valence-corrected chi connectivity index (χ4v) is 0. The molecule has 0 aromatic rings. The Bertz CT molecular complexity index is 32.4. The molecule has 5 nitrogen and oxygen atoms in total. The Morgan fingerprint density at radius 2 is 0.889 bits per heavy atom. The average molecular weight is 240 g/mol. The van der Waals surface area contributed by atoms with Gasteiger partial charge in [0.05, 0.1) is 0 Å². The number of hydrogen-bond donors (Lipinski definition) is 4. The molecule has 9 heavy (non-hydrogen) atoms. The Balaban J connectivity index is -0.0000000133. The summed E-state index contributed by atoms with van der Waals surface area (Å²) in [7, 11) is -4.61. The summed E-state index contributed by atoms with van der Waals surface area (Å²) < 4.78 is 0. The molecule has 0 aromatic carbocycles. The maximum atomic E-state index is 7.33. The summed E-state index contributed by atoms with van der Waals surface area (Å²) in [4.78, 5) is 29.3. The van der Waals surface area contributed by atoms with Crippen LogP contribution in [0.4, 0.5) is 0 Å². The summed E-state index contributed by atoms with van der Waals surface area (Å²) in [5.74, 6) is 0. The molecule has 0 saturated carbocycles. The van der Waals surface area contributed by atoms with E-state index in [1.807, 2.05) is 0 Å². The Labute approximate surface area is 117 Å². The van der Waals surface area contributed by atoms with E-state index < -0.39 is 9.05 Å². The molecule has 0 atom stereocenters. The van der Waals surface area contributed by atoms with Crippen LogP contribution in [0.2, 0.25) is 0 Å². The Morgan fingerprint density at radius 1 is 0.889 bits per heavy atom. The minimum absolute atomic E-state index is 0. The van der Waals surface area contributed by atoms with Crippen LogP contribution in [0.5, 0.6) is 0 Å². The van der Waals surface area contributed by atoms with Gasteiger partial charge >= 0.3 is 60.4 Å². The van der Waals surface area contributed by atoms with Gasteiger partial charge in [-0.05, 0) is 0 Å². The maximum absolute atomic E-state index is 7.33. The molecular formula is H10AlFeKO5Si. The quantitative estimate of drug-likeness (QED) is 0.317. The van der Waals surface area contributed by atoms with Gasteiger partial charge in [0.1, 0.15) is 0 Å². The van der Waals surface area contributed by atoms with E-state index >= 15 is 0 Å². The van der Waals surface area contributed by atoms with E-state index in [4.69, 9.17) is 19.2 Å². The van der Waals surface area contributed by atoms with Crippen LogP contribution in [0.25, 0.3) is 0 Å². The normalized spacial score (nSPS) is 6.67. The molecule has 0 saturated heterocycles. The van der Waals surface area contributed by atoms with Crippen molar-refractivity contribution in [2.24, 2.45) is 0 Å². The number of rotatable bonds is 0. The molecule has 0 aliphatic rings. The second-order valence-electron chi connectivity index (χ2n) is 0.600. The third kappa shape index (κ3) is 111. The van der Waals surface area contributed by atoms with E-state index in [2.05, 4.69) is 0 Å². The summed E-state index contributed by atoms with van der Waals surface area (Å²) in [6, 6.07) is 0. The van der Waals surface area contributed by atoms with Crippen molar-refractivity contribution in [1.82, 2.24) is 0 Å². The van der Waals surface area contributed by atoms with Crippen LogP contribution in [-0.4, -0.2) is 102 Å². The van der Waals surface area contributed by atoms with E-state index in [1.54, 1.807) is 0 Å². The van der Waals surface area contributed by atoms with Crippen molar-refractivity contribution in [3.63, 3.8) is 0 Å². The van der Waals surface area contributed by atoms with Gasteiger partial charge in [0, 0.05) is 17.1 Å². The van der Waals surface area contributed by atoms with Gasteiger partial charge in [-0.3, -0.25) is 0 Å². The van der Waals surface area contributed by atoms with Crippen LogP contribution in [0.1, 0.15) is 0 Å². The Kier molecular flexibility index (Phi) is 44.1. The van der Waals surface area contributed by atoms with E-state index in [-0.39, 0.29) is 91.3 Å². The third-order valence-corrected chi connectivity index (χ3v) is 0. The summed E-state index contributed by atoms with van der Waals surface area (Å²) in [5, 5.41) is 0. The van der Waals surface area contributed by atoms with Gasteiger partial charge in [-0.1, -0.05) is 0 Å². The van der Waals surface area contributed by atoms with E-state index in [0.717, 1.165) is 0 Å². The first-order valence-corrected chi connectivity index (χ1v) is 2.68. The SMILES string of the molecule is O.O[Si](O)(O)O.[AlH3].[Fe].[KH]. The van der Waals surface area contributed by atoms with Crippen LogP contribution >= 0.6 is 0 Å². The molecule has 0 radical (unpaired) electrons. The minimum atomic E-state index is -4.61. The first-order chi connectivity index (χ1) is 2.00. The first kappa shape index (κ1) is 29.8. The standard InChI is InChI=1S/Al.Fe.K.H4O4Si.H2O.4H/c;;;1-5(2,3)4;;;;;/h;;;1-4H;1H2;;;;. The fraction of sp³-hybridized carbons (Fsp3) is 0. The van der Waals surface area contributed by atoms with Crippen molar-refractivity contribution < 1.29 is 41.7 Å². The van der Waals surface area contributed by atoms with Crippen LogP contribution in [0.15, 0.2) is 0 Å². The third-order valence-electron chi connectivity index (χ3n) is 0. The van der Waals surface area contributed by atoms with E-state index in [0.29, 0.717) is 0 Å². The molecule has 0 fully saturated rings. The predicted molar refractivity (Wildman–Crippen MR) is 35.3 cm³/mol. The topological polar surface area (TPSA) is 112 Å². The molecule has 0 bridgehead atoms. The van der Waals surface area contributed by atoms with Gasteiger partial charge in [-0.2, -0.15) is 0 Å². The fourth-order valence-electron chi connectivity index (χ4n) is 0. The zero-order valence-electron chi connectivity index (χ0n) is 3.14. The molecule has 0 aromatic heterocycles. The van der Waals surface area contributed by atoms with Crippen LogP contribution < -0.4 is 0 Å². The van der Waals surface area contributed by atoms with Crippen LogP contribution in [0.3, 0.4) is 0 Å². The average Bonchev–Trinajstić information content (AvgIpc) is 0.722. The zero-order valence-corrected chi connectivity index (χ0v) is 5.25. The molecule has 0 amide bonds. The van der Waals surface area contributed by atoms with Gasteiger partial charge in [-0.25, -0.2) is 0 Å². The molecule has 0 aliphatic carbocycles. The van der Waals surface area contributed by atoms with Crippen molar-refractivity contribution in [2.45, 2.75) is 0 Å². The molecule has 6 N–H and O–H groups in total. The zero-order chi connectivity index (χ0) is 4.50. The molecular weight excluding hydrogens is 230 g/mol. The van der Waals surface area contributed by atoms with E-state index in [1.165, 1.54) is 0 Å². The summed E-state index contributed by atoms with van der Waals surface area (Å²) in [6.07, 6.45) is 0. The summed E-state index contributed by atoms with van der Waals surface area (Å²) >= 11 is 0. The molecule has 9 heteroatoms. The predicted octanol–water partition coefficient (Wildman–Crippen LogP) is -5.27. The molecule has 0 aliphatic heterocycles. The van der Waals surface area contributed by atoms with Gasteiger partial charge < -0.3 is 24.7 Å². The first-order valence-electron chi connectivity index (χ1n) is 0.894. The second-order valence-corrected chi connectivity index (χ2v) is 1.80. The van der Waals surface area contributed by atoms with Crippen LogP contribution in [0, 0.1) is 0 Å². The second kappa shape index (κ2) is 13.3. The van der Waals surface area contributed by atoms with Gasteiger partial charge in [0.2, 0.25) is 0 Å². The van der Waals surface area contributed by atoms with Crippen molar-refractivity contribution in [3.05, 3.63) is 0 Å². The van der Waals surface area contributed by atoms with Gasteiger partial charge in [-0.15, -0.1) is 0 Å². The Hall–Kier alpha value is 2.71. The molecule has 56 valence electrons. The molecule has 0 unspecified atom stereocenters. The van der Waals surface area contributed by atoms with Gasteiger partial charge in [0.15, 0.2) is 17.4 Å². The summed E-state index contributed by atoms with van der Waals surface area (Å²) in [6.45, 7) is 0. The number of hydrogen-bond acceptors (Lipinski definition) is 4. The van der Waals surface area contributed by atoms with Crippen molar-refractivity contribution in [2.75, 3.05) is 0 Å². The van der Waals surface area contributed by atoms with Crippen LogP contribution in [-0.2, 0) is 17.1 Å². The summed E-state index contributed by atoms with van der Waals surface area (Å²) in [5.41, 5.74) is 0. The van der Waals surface area contributed by atoms with Gasteiger partial charge in [0.25, 0.3) is 0 Å². The molecule has 0 spiro atoms. The Morgan fingerprint density at radius 3 is 0.889 bits per heavy atom. The van der Waals surface area contributed by atoms with E-state index in [9.17, 15) is 0 Å². The monoisotopic (exact) mass is 240 g/mol. The van der Waals surface area contributed by atoms with Crippen molar-refractivity contribution >= 4 is 77.8 Å². The molecule has 0 rings (SSSR count). The van der Waals surface area contributed by atoms with Crippen molar-refractivity contribution in [1.29, 1.82) is 0 Å². The van der Waals surface area contributed by atoms with Crippen molar-refractivity contribution in [3.8, 4) is 0 Å².